The fourth-order valence-corrected chi connectivity index (χ4v) is 14.4. The van der Waals surface area contributed by atoms with Gasteiger partial charge in [0.25, 0.3) is 0 Å². The maximum absolute atomic E-state index is 12.3. The summed E-state index contributed by atoms with van der Waals surface area (Å²) < 4.78 is 21.2. The number of nitriles is 6. The Morgan fingerprint density at radius 2 is 0.788 bits per heavy atom. The molecule has 30 heteroatoms. The van der Waals surface area contributed by atoms with Crippen LogP contribution in [0, 0.1) is 68.0 Å². The van der Waals surface area contributed by atoms with Crippen LogP contribution in [-0.4, -0.2) is 115 Å². The highest BCUT2D eigenvalue weighted by atomic mass is 35.6. The van der Waals surface area contributed by atoms with Crippen molar-refractivity contribution in [2.45, 2.75) is 236 Å². The molecule has 3 aromatic rings. The highest BCUT2D eigenvalue weighted by Crippen LogP contribution is 2.28. The van der Waals surface area contributed by atoms with Gasteiger partial charge in [0.05, 0.1) is 56.4 Å². The number of azo groups is 3. The van der Waals surface area contributed by atoms with Crippen LogP contribution in [0.4, 0.5) is 5.69 Å². The lowest BCUT2D eigenvalue weighted by atomic mass is 9.97. The van der Waals surface area contributed by atoms with Crippen molar-refractivity contribution < 1.29 is 38.1 Å². The van der Waals surface area contributed by atoms with Crippen molar-refractivity contribution in [3.63, 3.8) is 0 Å². The van der Waals surface area contributed by atoms with Gasteiger partial charge in [0.2, 0.25) is 5.54 Å². The molecule has 0 heterocycles. The van der Waals surface area contributed by atoms with E-state index in [-0.39, 0.29) is 50.3 Å². The molecule has 0 aliphatic carbocycles. The van der Waals surface area contributed by atoms with E-state index in [0.717, 1.165) is 60.8 Å². The molecule has 20 nitrogen and oxygen atoms in total. The van der Waals surface area contributed by atoms with Gasteiger partial charge in [-0.25, -0.2) is 0 Å². The van der Waals surface area contributed by atoms with E-state index in [1.807, 2.05) is 148 Å². The Labute approximate surface area is 617 Å². The van der Waals surface area contributed by atoms with E-state index < -0.39 is 76.6 Å². The molecule has 0 aliphatic rings. The Balaban J connectivity index is 0.00000132. The number of aryl methyl sites for hydroxylation is 1. The van der Waals surface area contributed by atoms with Gasteiger partial charge in [0.15, 0.2) is 64.9 Å². The summed E-state index contributed by atoms with van der Waals surface area (Å²) >= 11 is 31.3. The Morgan fingerprint density at radius 3 is 1.14 bits per heavy atom. The van der Waals surface area contributed by atoms with E-state index in [0.29, 0.717) is 56.1 Å². The fourth-order valence-electron chi connectivity index (χ4n) is 7.74. The van der Waals surface area contributed by atoms with Crippen molar-refractivity contribution >= 4 is 122 Å². The molecule has 540 valence electrons. The number of hydrogen-bond donors (Lipinski definition) is 0. The zero-order valence-electron chi connectivity index (χ0n) is 60.7. The van der Waals surface area contributed by atoms with E-state index in [4.69, 9.17) is 90.1 Å². The molecule has 0 aliphatic heterocycles. The number of halogens is 5. The van der Waals surface area contributed by atoms with Gasteiger partial charge < -0.3 is 18.9 Å². The van der Waals surface area contributed by atoms with Crippen LogP contribution in [0.25, 0.3) is 0 Å². The number of nitrogens with zero attached hydrogens (tertiary/aromatic N) is 12. The Hall–Kier alpha value is -6.19. The summed E-state index contributed by atoms with van der Waals surface area (Å²) in [5, 5.41) is 78.6. The van der Waals surface area contributed by atoms with Gasteiger partial charge in [0, 0.05) is 30.4 Å². The molecule has 0 fully saturated rings. The summed E-state index contributed by atoms with van der Waals surface area (Å²) in [6, 6.07) is 40.6. The zero-order chi connectivity index (χ0) is 75.8. The lowest BCUT2D eigenvalue weighted by Gasteiger charge is -2.19. The monoisotopic (exact) mass is 1540 g/mol. The molecule has 0 radical (unpaired) electrons. The van der Waals surface area contributed by atoms with Crippen LogP contribution in [0.3, 0.4) is 0 Å². The molecule has 3 aromatic carbocycles. The second kappa shape index (κ2) is 44.9. The fraction of sp³-hybridized carbons (Fsp3) is 0.594. The molecule has 0 N–H and O–H groups in total. The SMILES string of the molecule is CC(C#N)(C#N)N=Nc1cccc(CC[Si](C)(C)Cl)c1.CC(C#N)(CCC(=O)OCCC[Si](C)(C)Cl)N=NC(C)(C#N)CCC(=O)OCCC[Si](C)(C)Cl.CC(C)(C#N)N=NC(C)(C#N)CCC(=O)OCCC[Si](C)(C)Cl.C[Si](C)(Cl)CCCOc1ccc(C(=O)c2ccccc2)cc1. The van der Waals surface area contributed by atoms with Crippen molar-refractivity contribution in [1.29, 1.82) is 31.6 Å². The second-order valence-corrected chi connectivity index (χ2v) is 63.2. The third kappa shape index (κ3) is 48.3. The number of hydrogen-bond acceptors (Lipinski definition) is 20. The molecular weight excluding hydrogens is 1440 g/mol. The molecular formula is C69H101Cl5N12O8Si5. The number of carbonyl (C=O) groups excluding carboxylic acids is 4. The van der Waals surface area contributed by atoms with Crippen molar-refractivity contribution in [3.05, 3.63) is 95.6 Å². The van der Waals surface area contributed by atoms with Gasteiger partial charge in [0.1, 0.15) is 17.9 Å². The van der Waals surface area contributed by atoms with Crippen molar-refractivity contribution in [3.8, 4) is 42.2 Å². The highest BCUT2D eigenvalue weighted by molar-refractivity contribution is 7.20. The maximum Gasteiger partial charge on any atom is 0.305 e. The zero-order valence-corrected chi connectivity index (χ0v) is 69.4. The number of ketones is 1. The van der Waals surface area contributed by atoms with Crippen molar-refractivity contribution in [1.82, 2.24) is 0 Å². The lowest BCUT2D eigenvalue weighted by Crippen LogP contribution is -2.26. The standard InChI is InChI=1S/C22H38Cl2N4O4Si2.C18H21ClO2Si.C15H25ClN4O2Si.C14H17ClN4Si/c1-21(17-25,11-9-19(29)31-13-7-15-33(3,4)23)27-28-22(2,18-26)12-10-20(30)32-14-8-16-34(5,6)24;1-22(2,19)14-6-13-21-17-11-9-16(10-12-17)18(20)15-7-4-3-5-8-15;1-14(2,11-17)19-20-15(3,12-18)8-7-13(21)22-9-6-10-23(4,5)16;1-14(10-16,11-17)19-18-13-6-4-5-12(9-13)7-8-20(2,3)15/h7-16H2,1-6H3;3-5,7-12H,6,13-14H2,1-2H3;6-10H2,1-5H3;4-6,9H,7-8H2,1-3H3. The molecule has 0 saturated heterocycles. The van der Waals surface area contributed by atoms with Crippen molar-refractivity contribution in [2.75, 3.05) is 26.4 Å². The van der Waals surface area contributed by atoms with Crippen LogP contribution in [0.15, 0.2) is 110 Å². The van der Waals surface area contributed by atoms with Crippen LogP contribution in [0.1, 0.15) is 127 Å². The van der Waals surface area contributed by atoms with E-state index in [2.05, 4.69) is 56.9 Å². The molecule has 0 aromatic heterocycles. The quantitative estimate of drug-likeness (QED) is 0.00985. The number of ether oxygens (including phenoxy) is 4. The van der Waals surface area contributed by atoms with Crippen LogP contribution in [-0.2, 0) is 35.0 Å². The molecule has 99 heavy (non-hydrogen) atoms. The Morgan fingerprint density at radius 1 is 0.424 bits per heavy atom. The second-order valence-electron chi connectivity index (χ2n) is 28.1. The van der Waals surface area contributed by atoms with Gasteiger partial charge in [-0.15, -0.1) is 0 Å². The lowest BCUT2D eigenvalue weighted by molar-refractivity contribution is -0.144. The van der Waals surface area contributed by atoms with Gasteiger partial charge in [-0.3, -0.25) is 19.2 Å². The Bertz CT molecular complexity index is 3300. The molecule has 3 rings (SSSR count). The van der Waals surface area contributed by atoms with Gasteiger partial charge >= 0.3 is 17.9 Å². The summed E-state index contributed by atoms with van der Waals surface area (Å²) in [7, 11) is -8.11. The van der Waals surface area contributed by atoms with Crippen molar-refractivity contribution in [2.24, 2.45) is 30.7 Å². The minimum atomic E-state index is -1.69. The number of benzene rings is 3. The molecule has 0 amide bonds. The van der Waals surface area contributed by atoms with Crippen LogP contribution < -0.4 is 4.74 Å². The molecule has 0 saturated carbocycles. The predicted molar refractivity (Wildman–Crippen MR) is 407 cm³/mol. The van der Waals surface area contributed by atoms with Gasteiger partial charge in [-0.2, -0.15) is 118 Å². The first-order chi connectivity index (χ1) is 45.7. The van der Waals surface area contributed by atoms with Gasteiger partial charge in [-0.05, 0) is 165 Å². The first-order valence-electron chi connectivity index (χ1n) is 32.8. The van der Waals surface area contributed by atoms with E-state index in [9.17, 15) is 35.0 Å². The Kier molecular flexibility index (Phi) is 42.1. The third-order valence-electron chi connectivity index (χ3n) is 14.0. The van der Waals surface area contributed by atoms with Crippen LogP contribution in [0.2, 0.25) is 95.7 Å². The third-order valence-corrected chi connectivity index (χ3v) is 24.5. The summed E-state index contributed by atoms with van der Waals surface area (Å²) in [5.41, 5.74) is -2.98. The van der Waals surface area contributed by atoms with Crippen LogP contribution >= 0.6 is 55.4 Å². The average Bonchev–Trinajstić information content (AvgIpc) is 0.876. The van der Waals surface area contributed by atoms with E-state index >= 15 is 0 Å². The largest absolute Gasteiger partial charge is 0.494 e. The topological polar surface area (TPSA) is 322 Å². The molecule has 0 bridgehead atoms. The first-order valence-corrected chi connectivity index (χ1v) is 53.9. The smallest absolute Gasteiger partial charge is 0.305 e. The summed E-state index contributed by atoms with van der Waals surface area (Å²) in [6.07, 6.45) is 4.52. The minimum absolute atomic E-state index is 0.00232. The minimum Gasteiger partial charge on any atom is -0.494 e. The molecule has 0 spiro atoms. The molecule has 3 atom stereocenters. The van der Waals surface area contributed by atoms with Crippen LogP contribution in [0.5, 0.6) is 5.75 Å². The summed E-state index contributed by atoms with van der Waals surface area (Å²) in [4.78, 5) is 48.0. The number of esters is 3. The van der Waals surface area contributed by atoms with Gasteiger partial charge in [-0.1, -0.05) is 108 Å². The maximum atomic E-state index is 12.3. The predicted octanol–water partition coefficient (Wildman–Crippen LogP) is 20.2. The summed E-state index contributed by atoms with van der Waals surface area (Å²) in [6.45, 7) is 31.6. The number of rotatable bonds is 37. The average molecular weight is 1540 g/mol. The van der Waals surface area contributed by atoms with E-state index in [1.54, 1.807) is 40.7 Å². The first kappa shape index (κ1) is 92.8. The normalized spacial score (nSPS) is 13.7. The van der Waals surface area contributed by atoms with E-state index in [1.165, 1.54) is 6.92 Å². The highest BCUT2D eigenvalue weighted by Gasteiger charge is 2.32. The summed E-state index contributed by atoms with van der Waals surface area (Å²) in [5.74, 6) is -0.385. The number of carbonyl (C=O) groups is 4. The molecule has 3 unspecified atom stereocenters.